The van der Waals surface area contributed by atoms with Crippen LogP contribution in [-0.4, -0.2) is 24.0 Å². The summed E-state index contributed by atoms with van der Waals surface area (Å²) in [7, 11) is 0. The molecular weight excluding hydrogens is 242 g/mol. The van der Waals surface area contributed by atoms with E-state index in [-0.39, 0.29) is 5.91 Å². The van der Waals surface area contributed by atoms with E-state index in [1.54, 1.807) is 12.1 Å². The normalized spacial score (nSPS) is 9.89. The first-order chi connectivity index (χ1) is 9.25. The molecule has 1 aromatic carbocycles. The Bertz CT molecular complexity index is 526. The first-order valence-corrected chi connectivity index (χ1v) is 5.93. The van der Waals surface area contributed by atoms with Gasteiger partial charge in [0.25, 0.3) is 5.91 Å². The Balaban J connectivity index is 1.74. The Hall–Kier alpha value is -2.56. The van der Waals surface area contributed by atoms with Gasteiger partial charge in [0.2, 0.25) is 0 Å². The summed E-state index contributed by atoms with van der Waals surface area (Å²) in [6, 6.07) is 12.7. The third kappa shape index (κ3) is 3.99. The highest BCUT2D eigenvalue weighted by Crippen LogP contribution is 2.07. The zero-order chi connectivity index (χ0) is 13.5. The molecule has 2 aromatic rings. The molecule has 1 heterocycles. The van der Waals surface area contributed by atoms with Crippen LogP contribution < -0.4 is 15.8 Å². The predicted molar refractivity (Wildman–Crippen MR) is 72.9 cm³/mol. The number of amides is 1. The summed E-state index contributed by atoms with van der Waals surface area (Å²) < 4.78 is 5.46. The predicted octanol–water partition coefficient (Wildman–Crippen LogP) is 1.47. The molecule has 0 saturated heterocycles. The van der Waals surface area contributed by atoms with Gasteiger partial charge in [-0.2, -0.15) is 0 Å². The summed E-state index contributed by atoms with van der Waals surface area (Å²) in [5.74, 6) is 0.541. The lowest BCUT2D eigenvalue weighted by atomic mass is 10.3. The quantitative estimate of drug-likeness (QED) is 0.795. The van der Waals surface area contributed by atoms with Gasteiger partial charge in [0.05, 0.1) is 18.4 Å². The molecule has 0 radical (unpaired) electrons. The van der Waals surface area contributed by atoms with Crippen molar-refractivity contribution in [1.29, 1.82) is 0 Å². The Morgan fingerprint density at radius 3 is 2.68 bits per heavy atom. The zero-order valence-electron chi connectivity index (χ0n) is 10.4. The third-order valence-corrected chi connectivity index (χ3v) is 2.42. The Morgan fingerprint density at radius 1 is 1.21 bits per heavy atom. The summed E-state index contributed by atoms with van der Waals surface area (Å²) in [5.41, 5.74) is 6.37. The molecule has 0 spiro atoms. The molecule has 0 atom stereocenters. The largest absolute Gasteiger partial charge is 0.492 e. The number of rotatable bonds is 5. The highest BCUT2D eigenvalue weighted by molar-refractivity contribution is 5.92. The van der Waals surface area contributed by atoms with E-state index in [4.69, 9.17) is 10.5 Å². The molecule has 19 heavy (non-hydrogen) atoms. The fourth-order valence-electron chi connectivity index (χ4n) is 1.48. The molecule has 1 amide bonds. The van der Waals surface area contributed by atoms with Gasteiger partial charge in [-0.3, -0.25) is 4.79 Å². The summed E-state index contributed by atoms with van der Waals surface area (Å²) >= 11 is 0. The van der Waals surface area contributed by atoms with Crippen molar-refractivity contribution in [3.8, 4) is 5.75 Å². The highest BCUT2D eigenvalue weighted by Gasteiger charge is 2.05. The monoisotopic (exact) mass is 257 g/mol. The van der Waals surface area contributed by atoms with Crippen LogP contribution in [0.15, 0.2) is 48.7 Å². The average molecular weight is 257 g/mol. The third-order valence-electron chi connectivity index (χ3n) is 2.42. The van der Waals surface area contributed by atoms with Crippen LogP contribution in [0.25, 0.3) is 0 Å². The van der Waals surface area contributed by atoms with E-state index in [1.165, 1.54) is 6.20 Å². The van der Waals surface area contributed by atoms with E-state index in [2.05, 4.69) is 10.3 Å². The zero-order valence-corrected chi connectivity index (χ0v) is 10.4. The molecule has 5 heteroatoms. The number of nitrogens with two attached hydrogens (primary N) is 1. The maximum Gasteiger partial charge on any atom is 0.269 e. The highest BCUT2D eigenvalue weighted by atomic mass is 16.5. The number of hydrogen-bond donors (Lipinski definition) is 2. The minimum atomic E-state index is -0.239. The van der Waals surface area contributed by atoms with Crippen LogP contribution in [0.4, 0.5) is 5.69 Å². The van der Waals surface area contributed by atoms with Gasteiger partial charge in [-0.15, -0.1) is 0 Å². The van der Waals surface area contributed by atoms with Gasteiger partial charge in [0, 0.05) is 0 Å². The average Bonchev–Trinajstić information content (AvgIpc) is 2.45. The SMILES string of the molecule is Nc1ccc(C(=O)NCCOc2ccccc2)nc1. The van der Waals surface area contributed by atoms with Crippen LogP contribution in [0.3, 0.4) is 0 Å². The number of carbonyl (C=O) groups is 1. The van der Waals surface area contributed by atoms with E-state index >= 15 is 0 Å². The van der Waals surface area contributed by atoms with Crippen LogP contribution in [0.1, 0.15) is 10.5 Å². The van der Waals surface area contributed by atoms with Crippen molar-refractivity contribution in [2.45, 2.75) is 0 Å². The number of nitrogens with one attached hydrogen (secondary N) is 1. The molecule has 2 rings (SSSR count). The van der Waals surface area contributed by atoms with Crippen molar-refractivity contribution in [3.63, 3.8) is 0 Å². The number of anilines is 1. The Labute approximate surface area is 111 Å². The maximum absolute atomic E-state index is 11.7. The van der Waals surface area contributed by atoms with Crippen LogP contribution in [0, 0.1) is 0 Å². The van der Waals surface area contributed by atoms with Crippen molar-refractivity contribution < 1.29 is 9.53 Å². The van der Waals surface area contributed by atoms with Crippen LogP contribution in [0.5, 0.6) is 5.75 Å². The van der Waals surface area contributed by atoms with Gasteiger partial charge < -0.3 is 15.8 Å². The fourth-order valence-corrected chi connectivity index (χ4v) is 1.48. The number of nitrogen functional groups attached to an aromatic ring is 1. The standard InChI is InChI=1S/C14H15N3O2/c15-11-6-7-13(17-10-11)14(18)16-8-9-19-12-4-2-1-3-5-12/h1-7,10H,8-9,15H2,(H,16,18). The number of hydrogen-bond acceptors (Lipinski definition) is 4. The lowest BCUT2D eigenvalue weighted by Crippen LogP contribution is -2.28. The molecule has 0 fully saturated rings. The minimum Gasteiger partial charge on any atom is -0.492 e. The second-order valence-electron chi connectivity index (χ2n) is 3.89. The molecule has 0 saturated carbocycles. The number of benzene rings is 1. The van der Waals surface area contributed by atoms with E-state index < -0.39 is 0 Å². The summed E-state index contributed by atoms with van der Waals surface area (Å²) in [6.07, 6.45) is 1.45. The molecule has 3 N–H and O–H groups in total. The van der Waals surface area contributed by atoms with Gasteiger partial charge in [-0.1, -0.05) is 18.2 Å². The van der Waals surface area contributed by atoms with Crippen LogP contribution in [-0.2, 0) is 0 Å². The number of aromatic nitrogens is 1. The van der Waals surface area contributed by atoms with Gasteiger partial charge >= 0.3 is 0 Å². The number of carbonyl (C=O) groups excluding carboxylic acids is 1. The summed E-state index contributed by atoms with van der Waals surface area (Å²) in [4.78, 5) is 15.6. The smallest absolute Gasteiger partial charge is 0.269 e. The van der Waals surface area contributed by atoms with Crippen molar-refractivity contribution in [2.24, 2.45) is 0 Å². The van der Waals surface area contributed by atoms with Crippen LogP contribution in [0.2, 0.25) is 0 Å². The minimum absolute atomic E-state index is 0.239. The second-order valence-corrected chi connectivity index (χ2v) is 3.89. The number of para-hydroxylation sites is 1. The van der Waals surface area contributed by atoms with Gasteiger partial charge in [-0.05, 0) is 24.3 Å². The molecule has 98 valence electrons. The second kappa shape index (κ2) is 6.39. The van der Waals surface area contributed by atoms with Crippen molar-refractivity contribution in [1.82, 2.24) is 10.3 Å². The molecule has 0 bridgehead atoms. The summed E-state index contributed by atoms with van der Waals surface area (Å²) in [6.45, 7) is 0.824. The molecule has 0 aliphatic heterocycles. The lowest BCUT2D eigenvalue weighted by Gasteiger charge is -2.07. The number of pyridine rings is 1. The molecule has 1 aromatic heterocycles. The topological polar surface area (TPSA) is 77.2 Å². The van der Waals surface area contributed by atoms with E-state index in [9.17, 15) is 4.79 Å². The van der Waals surface area contributed by atoms with Crippen molar-refractivity contribution in [2.75, 3.05) is 18.9 Å². The van der Waals surface area contributed by atoms with E-state index in [0.717, 1.165) is 5.75 Å². The van der Waals surface area contributed by atoms with Gasteiger partial charge in [0.15, 0.2) is 0 Å². The van der Waals surface area contributed by atoms with Crippen molar-refractivity contribution in [3.05, 3.63) is 54.4 Å². The summed E-state index contributed by atoms with van der Waals surface area (Å²) in [5, 5.41) is 2.72. The molecular formula is C14H15N3O2. The first kappa shape index (κ1) is 12.9. The number of ether oxygens (including phenoxy) is 1. The van der Waals surface area contributed by atoms with Crippen LogP contribution >= 0.6 is 0 Å². The molecule has 5 nitrogen and oxygen atoms in total. The molecule has 0 aliphatic rings. The van der Waals surface area contributed by atoms with E-state index in [1.807, 2.05) is 30.3 Å². The van der Waals surface area contributed by atoms with Gasteiger partial charge in [-0.25, -0.2) is 4.98 Å². The fraction of sp³-hybridized carbons (Fsp3) is 0.143. The molecule has 0 aliphatic carbocycles. The molecule has 0 unspecified atom stereocenters. The maximum atomic E-state index is 11.7. The first-order valence-electron chi connectivity index (χ1n) is 5.93. The van der Waals surface area contributed by atoms with E-state index in [0.29, 0.717) is 24.5 Å². The Kier molecular flexibility index (Phi) is 4.34. The lowest BCUT2D eigenvalue weighted by molar-refractivity contribution is 0.0942. The number of nitrogens with zero attached hydrogens (tertiary/aromatic N) is 1. The Morgan fingerprint density at radius 2 is 2.00 bits per heavy atom. The van der Waals surface area contributed by atoms with Crippen molar-refractivity contribution >= 4 is 11.6 Å². The van der Waals surface area contributed by atoms with Gasteiger partial charge in [0.1, 0.15) is 18.1 Å².